The van der Waals surface area contributed by atoms with Crippen molar-refractivity contribution in [1.82, 2.24) is 4.90 Å². The van der Waals surface area contributed by atoms with E-state index in [0.717, 1.165) is 36.0 Å². The van der Waals surface area contributed by atoms with Crippen LogP contribution < -0.4 is 23.0 Å². The molecule has 1 aliphatic rings. The first-order valence-corrected chi connectivity index (χ1v) is 9.12. The molecule has 8 heteroatoms. The second kappa shape index (κ2) is 8.77. The summed E-state index contributed by atoms with van der Waals surface area (Å²) in [5.74, 6) is -0.296. The summed E-state index contributed by atoms with van der Waals surface area (Å²) in [7, 11) is 4.21. The number of piperazine rings is 1. The van der Waals surface area contributed by atoms with Crippen LogP contribution in [0.2, 0.25) is 0 Å². The van der Waals surface area contributed by atoms with E-state index in [0.29, 0.717) is 23.3 Å². The number of aromatic hydroxyl groups is 1. The second-order valence-corrected chi connectivity index (χ2v) is 7.62. The Bertz CT molecular complexity index is 879. The fourth-order valence-electron chi connectivity index (χ4n) is 3.48. The molecule has 0 radical (unpaired) electrons. The van der Waals surface area contributed by atoms with Gasteiger partial charge in [-0.1, -0.05) is 12.1 Å². The summed E-state index contributed by atoms with van der Waals surface area (Å²) in [4.78, 5) is 26.2. The number of hydrogen-bond donors (Lipinski definition) is 3. The Labute approximate surface area is 171 Å². The molecule has 0 saturated carbocycles. The average Bonchev–Trinajstić information content (AvgIpc) is 2.60. The van der Waals surface area contributed by atoms with E-state index in [1.54, 1.807) is 24.3 Å². The van der Waals surface area contributed by atoms with Crippen LogP contribution in [0.1, 0.15) is 6.92 Å². The lowest BCUT2D eigenvalue weighted by molar-refractivity contribution is -0.905. The van der Waals surface area contributed by atoms with E-state index in [1.165, 1.54) is 6.92 Å². The first-order chi connectivity index (χ1) is 12.8. The van der Waals surface area contributed by atoms with Crippen LogP contribution in [0.3, 0.4) is 0 Å². The molecule has 28 heavy (non-hydrogen) atoms. The maximum atomic E-state index is 12.6. The Morgan fingerprint density at radius 1 is 1.07 bits per heavy atom. The summed E-state index contributed by atoms with van der Waals surface area (Å²) in [6.45, 7) is 5.67. The van der Waals surface area contributed by atoms with Crippen LogP contribution in [0.15, 0.2) is 30.3 Å². The van der Waals surface area contributed by atoms with E-state index < -0.39 is 0 Å². The predicted octanol–water partition coefficient (Wildman–Crippen LogP) is -1.16. The number of carbonyl (C=O) groups excluding carboxylic acids is 2. The van der Waals surface area contributed by atoms with Crippen molar-refractivity contribution in [2.75, 3.05) is 57.5 Å². The highest BCUT2D eigenvalue weighted by molar-refractivity contribution is 6.07. The zero-order valence-corrected chi connectivity index (χ0v) is 17.2. The molecule has 7 nitrogen and oxygen atoms in total. The van der Waals surface area contributed by atoms with E-state index in [4.69, 9.17) is 0 Å². The minimum atomic E-state index is -0.252. The van der Waals surface area contributed by atoms with Gasteiger partial charge in [-0.15, -0.1) is 0 Å². The fourth-order valence-corrected chi connectivity index (χ4v) is 3.48. The molecule has 1 heterocycles. The van der Waals surface area contributed by atoms with Crippen LogP contribution in [0.25, 0.3) is 10.8 Å². The van der Waals surface area contributed by atoms with Crippen molar-refractivity contribution in [1.29, 1.82) is 0 Å². The van der Waals surface area contributed by atoms with Gasteiger partial charge < -0.3 is 32.6 Å². The number of benzene rings is 2. The van der Waals surface area contributed by atoms with E-state index in [1.807, 2.05) is 6.07 Å². The lowest BCUT2D eigenvalue weighted by atomic mass is 10.1. The zero-order valence-electron chi connectivity index (χ0n) is 16.5. The molecule has 3 N–H and O–H groups in total. The standard InChI is InChI=1S/C20H26N4O3.ClH/c1-14(25)21-18-8-7-15-16(20(18)27)5-4-6-17(15)22-19(26)13-24(3)11-9-23(2)10-12-24;/h4-8H,9-13H2,1-3H3,(H2-,21,22,25,26,27);1H. The Hall–Kier alpha value is -2.35. The molecule has 0 aliphatic carbocycles. The quantitative estimate of drug-likeness (QED) is 0.442. The molecule has 0 spiro atoms. The number of nitrogens with zero attached hydrogens (tertiary/aromatic N) is 2. The van der Waals surface area contributed by atoms with Gasteiger partial charge in [-0.05, 0) is 25.2 Å². The van der Waals surface area contributed by atoms with E-state index >= 15 is 0 Å². The Balaban J connectivity index is 0.00000280. The normalized spacial score (nSPS) is 16.2. The maximum Gasteiger partial charge on any atom is 0.279 e. The molecular weight excluding hydrogens is 380 g/mol. The van der Waals surface area contributed by atoms with Gasteiger partial charge in [0.1, 0.15) is 5.75 Å². The number of quaternary nitrogens is 1. The number of halogens is 1. The zero-order chi connectivity index (χ0) is 19.6. The number of fused-ring (bicyclic) bond motifs is 1. The first-order valence-electron chi connectivity index (χ1n) is 9.12. The van der Waals surface area contributed by atoms with Crippen molar-refractivity contribution in [2.45, 2.75) is 6.92 Å². The summed E-state index contributed by atoms with van der Waals surface area (Å²) in [5, 5.41) is 17.4. The third kappa shape index (κ3) is 4.92. The van der Waals surface area contributed by atoms with E-state index in [9.17, 15) is 14.7 Å². The van der Waals surface area contributed by atoms with Crippen LogP contribution in [0.5, 0.6) is 5.75 Å². The van der Waals surface area contributed by atoms with Crippen LogP contribution in [0.4, 0.5) is 11.4 Å². The van der Waals surface area contributed by atoms with Crippen molar-refractivity contribution in [3.05, 3.63) is 30.3 Å². The molecule has 2 amide bonds. The van der Waals surface area contributed by atoms with Crippen molar-refractivity contribution in [3.8, 4) is 5.75 Å². The van der Waals surface area contributed by atoms with Gasteiger partial charge in [0.25, 0.3) is 5.91 Å². The van der Waals surface area contributed by atoms with Crippen LogP contribution in [-0.2, 0) is 9.59 Å². The summed E-state index contributed by atoms with van der Waals surface area (Å²) >= 11 is 0. The van der Waals surface area contributed by atoms with Crippen LogP contribution >= 0.6 is 0 Å². The Morgan fingerprint density at radius 3 is 2.39 bits per heavy atom. The highest BCUT2D eigenvalue weighted by Gasteiger charge is 2.29. The van der Waals surface area contributed by atoms with Gasteiger partial charge >= 0.3 is 0 Å². The van der Waals surface area contributed by atoms with Crippen molar-refractivity contribution in [2.24, 2.45) is 0 Å². The Kier molecular flexibility index (Phi) is 6.87. The van der Waals surface area contributed by atoms with Gasteiger partial charge in [0.05, 0.1) is 25.8 Å². The van der Waals surface area contributed by atoms with Crippen molar-refractivity contribution >= 4 is 34.0 Å². The SMILES string of the molecule is CC(=O)Nc1ccc2c(NC(=O)C[N+]3(C)CCN(C)CC3)cccc2c1O.[Cl-]. The average molecular weight is 407 g/mol. The van der Waals surface area contributed by atoms with Gasteiger partial charge in [-0.25, -0.2) is 0 Å². The van der Waals surface area contributed by atoms with Crippen molar-refractivity contribution < 1.29 is 31.6 Å². The molecule has 1 aliphatic heterocycles. The number of anilines is 2. The third-order valence-corrected chi connectivity index (χ3v) is 5.19. The highest BCUT2D eigenvalue weighted by atomic mass is 35.5. The molecule has 0 unspecified atom stereocenters. The number of amides is 2. The smallest absolute Gasteiger partial charge is 0.279 e. The molecule has 2 aromatic rings. The lowest BCUT2D eigenvalue weighted by Gasteiger charge is -2.40. The van der Waals surface area contributed by atoms with Crippen LogP contribution in [0, 0.1) is 0 Å². The van der Waals surface area contributed by atoms with E-state index in [-0.39, 0.29) is 30.0 Å². The van der Waals surface area contributed by atoms with Gasteiger partial charge in [0.15, 0.2) is 6.54 Å². The maximum absolute atomic E-state index is 12.6. The summed E-state index contributed by atoms with van der Waals surface area (Å²) in [5.41, 5.74) is 1.01. The number of phenolic OH excluding ortho intramolecular Hbond substituents is 1. The largest absolute Gasteiger partial charge is 1.00 e. The number of nitrogens with one attached hydrogen (secondary N) is 2. The van der Waals surface area contributed by atoms with Crippen molar-refractivity contribution in [3.63, 3.8) is 0 Å². The first kappa shape index (κ1) is 21.9. The third-order valence-electron chi connectivity index (χ3n) is 5.19. The fraction of sp³-hybridized carbons (Fsp3) is 0.400. The Morgan fingerprint density at radius 2 is 1.75 bits per heavy atom. The molecular formula is C20H27ClN4O3. The van der Waals surface area contributed by atoms with Gasteiger partial charge in [0.2, 0.25) is 5.91 Å². The highest BCUT2D eigenvalue weighted by Crippen LogP contribution is 2.36. The molecule has 2 aromatic carbocycles. The molecule has 1 fully saturated rings. The molecule has 152 valence electrons. The molecule has 0 aromatic heterocycles. The van der Waals surface area contributed by atoms with Gasteiger partial charge in [-0.3, -0.25) is 14.5 Å². The molecule has 1 saturated heterocycles. The van der Waals surface area contributed by atoms with Gasteiger partial charge in [0, 0.05) is 36.5 Å². The number of rotatable bonds is 4. The number of hydrogen-bond acceptors (Lipinski definition) is 4. The number of carbonyl (C=O) groups is 2. The topological polar surface area (TPSA) is 81.7 Å². The predicted molar refractivity (Wildman–Crippen MR) is 107 cm³/mol. The minimum Gasteiger partial charge on any atom is -1.00 e. The van der Waals surface area contributed by atoms with Crippen LogP contribution in [-0.4, -0.2) is 73.1 Å². The summed E-state index contributed by atoms with van der Waals surface area (Å²) in [6.07, 6.45) is 0. The number of phenols is 1. The molecule has 0 atom stereocenters. The summed E-state index contributed by atoms with van der Waals surface area (Å²) in [6, 6.07) is 8.80. The number of likely N-dealkylation sites (N-methyl/N-ethyl adjacent to an activating group) is 2. The van der Waals surface area contributed by atoms with E-state index in [2.05, 4.69) is 29.6 Å². The molecule has 3 rings (SSSR count). The second-order valence-electron chi connectivity index (χ2n) is 7.62. The van der Waals surface area contributed by atoms with Gasteiger partial charge in [-0.2, -0.15) is 0 Å². The summed E-state index contributed by atoms with van der Waals surface area (Å²) < 4.78 is 0.721. The monoisotopic (exact) mass is 406 g/mol. The lowest BCUT2D eigenvalue weighted by Crippen LogP contribution is -3.00. The molecule has 0 bridgehead atoms. The minimum absolute atomic E-state index is 0.